The van der Waals surface area contributed by atoms with Gasteiger partial charge in [-0.25, -0.2) is 0 Å². The highest BCUT2D eigenvalue weighted by Gasteiger charge is 2.15. The van der Waals surface area contributed by atoms with Gasteiger partial charge in [-0.3, -0.25) is 9.59 Å². The van der Waals surface area contributed by atoms with Gasteiger partial charge in [0.2, 0.25) is 11.8 Å². The molecule has 5 heteroatoms. The summed E-state index contributed by atoms with van der Waals surface area (Å²) in [7, 11) is 0. The number of aryl methyl sites for hydroxylation is 1. The van der Waals surface area contributed by atoms with Crippen LogP contribution in [0.3, 0.4) is 0 Å². The molecule has 2 amide bonds. The first kappa shape index (κ1) is 17.0. The van der Waals surface area contributed by atoms with Crippen LogP contribution in [0.1, 0.15) is 18.1 Å². The van der Waals surface area contributed by atoms with Crippen LogP contribution in [0.25, 0.3) is 0 Å². The second-order valence-electron chi connectivity index (χ2n) is 5.34. The number of anilines is 1. The highest BCUT2D eigenvalue weighted by Crippen LogP contribution is 2.15. The van der Waals surface area contributed by atoms with Gasteiger partial charge in [-0.2, -0.15) is 0 Å². The van der Waals surface area contributed by atoms with Crippen LogP contribution in [0.5, 0.6) is 0 Å². The predicted octanol–water partition coefficient (Wildman–Crippen LogP) is 3.32. The summed E-state index contributed by atoms with van der Waals surface area (Å²) < 4.78 is 0. The molecule has 0 heterocycles. The van der Waals surface area contributed by atoms with Crippen molar-refractivity contribution < 1.29 is 9.59 Å². The lowest BCUT2D eigenvalue weighted by atomic mass is 10.2. The van der Waals surface area contributed by atoms with E-state index in [0.717, 1.165) is 11.1 Å². The highest BCUT2D eigenvalue weighted by atomic mass is 35.5. The molecule has 0 fully saturated rings. The number of hydrogen-bond acceptors (Lipinski definition) is 2. The Labute approximate surface area is 141 Å². The molecule has 0 aliphatic heterocycles. The van der Waals surface area contributed by atoms with Gasteiger partial charge < -0.3 is 10.2 Å². The van der Waals surface area contributed by atoms with Crippen molar-refractivity contribution in [1.29, 1.82) is 0 Å². The van der Waals surface area contributed by atoms with E-state index in [0.29, 0.717) is 17.3 Å². The summed E-state index contributed by atoms with van der Waals surface area (Å²) in [5, 5.41) is 3.46. The molecule has 0 aromatic heterocycles. The molecular weight excluding hydrogens is 312 g/mol. The zero-order chi connectivity index (χ0) is 16.8. The molecule has 0 atom stereocenters. The lowest BCUT2D eigenvalue weighted by Crippen LogP contribution is -2.39. The quantitative estimate of drug-likeness (QED) is 0.914. The Balaban J connectivity index is 1.96. The Morgan fingerprint density at radius 2 is 1.65 bits per heavy atom. The largest absolute Gasteiger partial charge is 0.350 e. The molecule has 4 nitrogen and oxygen atoms in total. The Morgan fingerprint density at radius 3 is 2.22 bits per heavy atom. The van der Waals surface area contributed by atoms with E-state index in [4.69, 9.17) is 11.6 Å². The van der Waals surface area contributed by atoms with E-state index in [2.05, 4.69) is 5.32 Å². The molecule has 0 aliphatic carbocycles. The molecule has 0 spiro atoms. The van der Waals surface area contributed by atoms with Crippen molar-refractivity contribution in [2.45, 2.75) is 20.4 Å². The van der Waals surface area contributed by atoms with Crippen molar-refractivity contribution in [3.63, 3.8) is 0 Å². The Bertz CT molecular complexity index is 681. The Kier molecular flexibility index (Phi) is 5.77. The molecule has 120 valence electrons. The number of carbonyl (C=O) groups excluding carboxylic acids is 2. The van der Waals surface area contributed by atoms with E-state index < -0.39 is 0 Å². The van der Waals surface area contributed by atoms with E-state index in [1.807, 2.05) is 43.3 Å². The van der Waals surface area contributed by atoms with Crippen LogP contribution in [0.2, 0.25) is 5.02 Å². The topological polar surface area (TPSA) is 49.4 Å². The average molecular weight is 331 g/mol. The fraction of sp³-hybridized carbons (Fsp3) is 0.222. The molecule has 0 saturated heterocycles. The summed E-state index contributed by atoms with van der Waals surface area (Å²) in [6.07, 6.45) is 0. The zero-order valence-corrected chi connectivity index (χ0v) is 13.9. The number of amides is 2. The summed E-state index contributed by atoms with van der Waals surface area (Å²) in [5.41, 5.74) is 2.77. The maximum Gasteiger partial charge on any atom is 0.240 e. The average Bonchev–Trinajstić information content (AvgIpc) is 2.53. The normalized spacial score (nSPS) is 10.2. The molecule has 2 aromatic rings. The molecule has 1 N–H and O–H groups in total. The minimum Gasteiger partial charge on any atom is -0.350 e. The third-order valence-electron chi connectivity index (χ3n) is 3.43. The van der Waals surface area contributed by atoms with Crippen molar-refractivity contribution in [3.05, 3.63) is 64.7 Å². The summed E-state index contributed by atoms with van der Waals surface area (Å²) in [6.45, 7) is 3.81. The molecule has 0 unspecified atom stereocenters. The molecule has 0 bridgehead atoms. The maximum atomic E-state index is 12.1. The lowest BCUT2D eigenvalue weighted by molar-refractivity contribution is -0.123. The van der Waals surface area contributed by atoms with E-state index in [-0.39, 0.29) is 18.4 Å². The van der Waals surface area contributed by atoms with Crippen LogP contribution in [-0.4, -0.2) is 18.4 Å². The Morgan fingerprint density at radius 1 is 1.04 bits per heavy atom. The predicted molar refractivity (Wildman–Crippen MR) is 92.5 cm³/mol. The van der Waals surface area contributed by atoms with E-state index in [1.54, 1.807) is 12.1 Å². The smallest absolute Gasteiger partial charge is 0.240 e. The van der Waals surface area contributed by atoms with Crippen molar-refractivity contribution in [3.8, 4) is 0 Å². The van der Waals surface area contributed by atoms with Crippen molar-refractivity contribution in [2.75, 3.05) is 11.4 Å². The van der Waals surface area contributed by atoms with Crippen LogP contribution in [0, 0.1) is 6.92 Å². The molecule has 0 aliphatic rings. The van der Waals surface area contributed by atoms with Crippen molar-refractivity contribution >= 4 is 29.1 Å². The van der Waals surface area contributed by atoms with Gasteiger partial charge in [0.15, 0.2) is 0 Å². The van der Waals surface area contributed by atoms with Gasteiger partial charge >= 0.3 is 0 Å². The molecule has 2 aromatic carbocycles. The van der Waals surface area contributed by atoms with Crippen LogP contribution >= 0.6 is 11.6 Å². The number of carbonyl (C=O) groups is 2. The molecule has 0 saturated carbocycles. The summed E-state index contributed by atoms with van der Waals surface area (Å²) >= 11 is 5.83. The number of halogens is 1. The standard InChI is InChI=1S/C18H19ClN2O2/c1-13-3-9-17(10-4-13)21(14(2)22)12-18(23)20-11-15-5-7-16(19)8-6-15/h3-10H,11-12H2,1-2H3,(H,20,23). The van der Waals surface area contributed by atoms with Gasteiger partial charge in [0.25, 0.3) is 0 Å². The van der Waals surface area contributed by atoms with Gasteiger partial charge in [-0.1, -0.05) is 41.4 Å². The van der Waals surface area contributed by atoms with Crippen molar-refractivity contribution in [2.24, 2.45) is 0 Å². The van der Waals surface area contributed by atoms with Crippen LogP contribution in [0.15, 0.2) is 48.5 Å². The highest BCUT2D eigenvalue weighted by molar-refractivity contribution is 6.30. The van der Waals surface area contributed by atoms with Crippen LogP contribution < -0.4 is 10.2 Å². The van der Waals surface area contributed by atoms with E-state index in [1.165, 1.54) is 11.8 Å². The summed E-state index contributed by atoms with van der Waals surface area (Å²) in [5.74, 6) is -0.383. The summed E-state index contributed by atoms with van der Waals surface area (Å²) in [6, 6.07) is 14.8. The summed E-state index contributed by atoms with van der Waals surface area (Å²) in [4.78, 5) is 25.4. The van der Waals surface area contributed by atoms with Gasteiger partial charge in [0.05, 0.1) is 0 Å². The SMILES string of the molecule is CC(=O)N(CC(=O)NCc1ccc(Cl)cc1)c1ccc(C)cc1. The minimum atomic E-state index is -0.212. The molecule has 2 rings (SSSR count). The first-order valence-electron chi connectivity index (χ1n) is 7.31. The minimum absolute atomic E-state index is 0.00795. The molecule has 23 heavy (non-hydrogen) atoms. The maximum absolute atomic E-state index is 12.1. The lowest BCUT2D eigenvalue weighted by Gasteiger charge is -2.21. The first-order valence-corrected chi connectivity index (χ1v) is 7.69. The number of benzene rings is 2. The van der Waals surface area contributed by atoms with Gasteiger partial charge in [0.1, 0.15) is 6.54 Å². The number of nitrogens with zero attached hydrogens (tertiary/aromatic N) is 1. The third-order valence-corrected chi connectivity index (χ3v) is 3.68. The fourth-order valence-electron chi connectivity index (χ4n) is 2.11. The van der Waals surface area contributed by atoms with E-state index in [9.17, 15) is 9.59 Å². The number of nitrogens with one attached hydrogen (secondary N) is 1. The number of hydrogen-bond donors (Lipinski definition) is 1. The Hall–Kier alpha value is -2.33. The fourth-order valence-corrected chi connectivity index (χ4v) is 2.24. The number of rotatable bonds is 5. The van der Waals surface area contributed by atoms with Crippen LogP contribution in [-0.2, 0) is 16.1 Å². The van der Waals surface area contributed by atoms with Gasteiger partial charge in [-0.05, 0) is 36.8 Å². The second-order valence-corrected chi connectivity index (χ2v) is 5.78. The molecule has 0 radical (unpaired) electrons. The zero-order valence-electron chi connectivity index (χ0n) is 13.2. The third kappa shape index (κ3) is 5.11. The van der Waals surface area contributed by atoms with Crippen molar-refractivity contribution in [1.82, 2.24) is 5.32 Å². The first-order chi connectivity index (χ1) is 11.0. The monoisotopic (exact) mass is 330 g/mol. The second kappa shape index (κ2) is 7.79. The van der Waals surface area contributed by atoms with Gasteiger partial charge in [0, 0.05) is 24.2 Å². The van der Waals surface area contributed by atoms with Gasteiger partial charge in [-0.15, -0.1) is 0 Å². The molecular formula is C18H19ClN2O2. The van der Waals surface area contributed by atoms with Crippen LogP contribution in [0.4, 0.5) is 5.69 Å². The van der Waals surface area contributed by atoms with E-state index >= 15 is 0 Å².